The standard InChI is InChI=1S/C19H21N3O2/c23-12-11-22(14-17-9-5-2-6-10-17)15-18-20-19(24-21-18)13-16-7-3-1-4-8-16/h1-10,23H,11-15H2. The maximum atomic E-state index is 9.29. The lowest BCUT2D eigenvalue weighted by molar-refractivity contribution is 0.179. The smallest absolute Gasteiger partial charge is 0.231 e. The van der Waals surface area contributed by atoms with Gasteiger partial charge in [-0.15, -0.1) is 0 Å². The molecule has 3 rings (SSSR count). The van der Waals surface area contributed by atoms with Crippen LogP contribution in [0.15, 0.2) is 65.2 Å². The molecule has 3 aromatic rings. The van der Waals surface area contributed by atoms with Crippen molar-refractivity contribution in [1.29, 1.82) is 0 Å². The Morgan fingerprint density at radius 2 is 1.54 bits per heavy atom. The van der Waals surface area contributed by atoms with Gasteiger partial charge in [-0.25, -0.2) is 0 Å². The highest BCUT2D eigenvalue weighted by atomic mass is 16.5. The van der Waals surface area contributed by atoms with Gasteiger partial charge in [-0.2, -0.15) is 4.98 Å². The van der Waals surface area contributed by atoms with Crippen LogP contribution in [0.3, 0.4) is 0 Å². The molecule has 0 saturated carbocycles. The second-order valence-electron chi connectivity index (χ2n) is 5.69. The monoisotopic (exact) mass is 323 g/mol. The fraction of sp³-hybridized carbons (Fsp3) is 0.263. The van der Waals surface area contributed by atoms with Crippen LogP contribution in [-0.2, 0) is 19.5 Å². The number of hydrogen-bond acceptors (Lipinski definition) is 5. The van der Waals surface area contributed by atoms with Crippen molar-refractivity contribution < 1.29 is 9.63 Å². The molecule has 1 N–H and O–H groups in total. The summed E-state index contributed by atoms with van der Waals surface area (Å²) in [5.74, 6) is 1.25. The summed E-state index contributed by atoms with van der Waals surface area (Å²) in [5.41, 5.74) is 2.34. The van der Waals surface area contributed by atoms with Gasteiger partial charge in [0.05, 0.1) is 19.6 Å². The van der Waals surface area contributed by atoms with Crippen molar-refractivity contribution in [3.05, 3.63) is 83.5 Å². The van der Waals surface area contributed by atoms with Crippen molar-refractivity contribution in [2.24, 2.45) is 0 Å². The Morgan fingerprint density at radius 1 is 0.875 bits per heavy atom. The molecule has 1 aromatic heterocycles. The fourth-order valence-electron chi connectivity index (χ4n) is 2.59. The minimum absolute atomic E-state index is 0.0988. The van der Waals surface area contributed by atoms with E-state index in [-0.39, 0.29) is 6.61 Å². The topological polar surface area (TPSA) is 62.4 Å². The number of aromatic nitrogens is 2. The molecule has 0 aliphatic carbocycles. The summed E-state index contributed by atoms with van der Waals surface area (Å²) in [6, 6.07) is 20.2. The summed E-state index contributed by atoms with van der Waals surface area (Å²) in [5, 5.41) is 13.4. The minimum Gasteiger partial charge on any atom is -0.395 e. The van der Waals surface area contributed by atoms with E-state index in [1.165, 1.54) is 5.56 Å². The first kappa shape index (κ1) is 16.4. The lowest BCUT2D eigenvalue weighted by Crippen LogP contribution is -2.26. The van der Waals surface area contributed by atoms with E-state index in [9.17, 15) is 5.11 Å². The normalized spacial score (nSPS) is 11.1. The van der Waals surface area contributed by atoms with Gasteiger partial charge in [-0.1, -0.05) is 65.8 Å². The summed E-state index contributed by atoms with van der Waals surface area (Å²) >= 11 is 0. The van der Waals surface area contributed by atoms with Crippen LogP contribution in [-0.4, -0.2) is 33.3 Å². The predicted octanol–water partition coefficient (Wildman–Crippen LogP) is 2.65. The largest absolute Gasteiger partial charge is 0.395 e. The molecule has 0 aliphatic heterocycles. The number of rotatable bonds is 8. The van der Waals surface area contributed by atoms with E-state index in [1.54, 1.807) is 0 Å². The van der Waals surface area contributed by atoms with Crippen LogP contribution in [0.1, 0.15) is 22.8 Å². The van der Waals surface area contributed by atoms with E-state index in [0.29, 0.717) is 31.2 Å². The highest BCUT2D eigenvalue weighted by molar-refractivity contribution is 5.18. The van der Waals surface area contributed by atoms with E-state index in [4.69, 9.17) is 4.52 Å². The number of aliphatic hydroxyl groups is 1. The third-order valence-electron chi connectivity index (χ3n) is 3.74. The fourth-order valence-corrected chi connectivity index (χ4v) is 2.59. The van der Waals surface area contributed by atoms with Crippen molar-refractivity contribution in [2.45, 2.75) is 19.5 Å². The van der Waals surface area contributed by atoms with Gasteiger partial charge >= 0.3 is 0 Å². The molecule has 0 radical (unpaired) electrons. The van der Waals surface area contributed by atoms with Gasteiger partial charge in [0.2, 0.25) is 5.89 Å². The molecule has 2 aromatic carbocycles. The van der Waals surface area contributed by atoms with Gasteiger partial charge in [0.1, 0.15) is 0 Å². The lowest BCUT2D eigenvalue weighted by atomic mass is 10.1. The molecule has 0 aliphatic rings. The molecular weight excluding hydrogens is 302 g/mol. The van der Waals surface area contributed by atoms with Crippen molar-refractivity contribution in [3.63, 3.8) is 0 Å². The number of benzene rings is 2. The van der Waals surface area contributed by atoms with Crippen molar-refractivity contribution >= 4 is 0 Å². The van der Waals surface area contributed by atoms with Gasteiger partial charge < -0.3 is 9.63 Å². The first-order valence-electron chi connectivity index (χ1n) is 8.06. The molecule has 5 nitrogen and oxygen atoms in total. The van der Waals surface area contributed by atoms with E-state index in [1.807, 2.05) is 48.5 Å². The zero-order valence-corrected chi connectivity index (χ0v) is 13.5. The zero-order valence-electron chi connectivity index (χ0n) is 13.5. The van der Waals surface area contributed by atoms with Gasteiger partial charge in [-0.3, -0.25) is 4.90 Å². The Balaban J connectivity index is 1.62. The summed E-state index contributed by atoms with van der Waals surface area (Å²) < 4.78 is 5.35. The maximum Gasteiger partial charge on any atom is 0.231 e. The highest BCUT2D eigenvalue weighted by Gasteiger charge is 2.12. The maximum absolute atomic E-state index is 9.29. The third-order valence-corrected chi connectivity index (χ3v) is 3.74. The molecule has 0 atom stereocenters. The number of nitrogens with zero attached hydrogens (tertiary/aromatic N) is 3. The summed E-state index contributed by atoms with van der Waals surface area (Å²) in [4.78, 5) is 6.57. The van der Waals surface area contributed by atoms with Crippen molar-refractivity contribution in [3.8, 4) is 0 Å². The Morgan fingerprint density at radius 3 is 2.21 bits per heavy atom. The van der Waals surface area contributed by atoms with E-state index in [0.717, 1.165) is 12.1 Å². The Bertz CT molecular complexity index is 729. The second kappa shape index (κ2) is 8.38. The zero-order chi connectivity index (χ0) is 16.6. The van der Waals surface area contributed by atoms with Gasteiger partial charge in [0, 0.05) is 13.1 Å². The minimum atomic E-state index is 0.0988. The molecule has 0 bridgehead atoms. The van der Waals surface area contributed by atoms with Crippen molar-refractivity contribution in [1.82, 2.24) is 15.0 Å². The van der Waals surface area contributed by atoms with Crippen LogP contribution >= 0.6 is 0 Å². The van der Waals surface area contributed by atoms with E-state index >= 15 is 0 Å². The molecule has 0 fully saturated rings. The molecule has 24 heavy (non-hydrogen) atoms. The molecule has 0 unspecified atom stereocenters. The average Bonchev–Trinajstić information content (AvgIpc) is 3.04. The number of aliphatic hydroxyl groups excluding tert-OH is 1. The molecule has 5 heteroatoms. The quantitative estimate of drug-likeness (QED) is 0.690. The molecule has 0 amide bonds. The number of hydrogen-bond donors (Lipinski definition) is 1. The van der Waals surface area contributed by atoms with E-state index < -0.39 is 0 Å². The first-order chi connectivity index (χ1) is 11.8. The lowest BCUT2D eigenvalue weighted by Gasteiger charge is -2.19. The predicted molar refractivity (Wildman–Crippen MR) is 91.2 cm³/mol. The van der Waals surface area contributed by atoms with Crippen LogP contribution < -0.4 is 0 Å². The Hall–Kier alpha value is -2.50. The average molecular weight is 323 g/mol. The van der Waals surface area contributed by atoms with Crippen LogP contribution in [0.5, 0.6) is 0 Å². The van der Waals surface area contributed by atoms with Crippen LogP contribution in [0, 0.1) is 0 Å². The summed E-state index contributed by atoms with van der Waals surface area (Å²) in [7, 11) is 0. The second-order valence-corrected chi connectivity index (χ2v) is 5.69. The summed E-state index contributed by atoms with van der Waals surface area (Å²) in [6.07, 6.45) is 0.631. The van der Waals surface area contributed by atoms with Crippen LogP contribution in [0.25, 0.3) is 0 Å². The van der Waals surface area contributed by atoms with Crippen LogP contribution in [0.2, 0.25) is 0 Å². The Labute approximate surface area is 141 Å². The van der Waals surface area contributed by atoms with Gasteiger partial charge in [-0.05, 0) is 11.1 Å². The molecular formula is C19H21N3O2. The molecule has 0 saturated heterocycles. The molecule has 1 heterocycles. The van der Waals surface area contributed by atoms with Crippen LogP contribution in [0.4, 0.5) is 0 Å². The first-order valence-corrected chi connectivity index (χ1v) is 8.06. The van der Waals surface area contributed by atoms with Gasteiger partial charge in [0.25, 0.3) is 0 Å². The molecule has 0 spiro atoms. The highest BCUT2D eigenvalue weighted by Crippen LogP contribution is 2.10. The van der Waals surface area contributed by atoms with E-state index in [2.05, 4.69) is 27.2 Å². The Kier molecular flexibility index (Phi) is 5.71. The third kappa shape index (κ3) is 4.75. The van der Waals surface area contributed by atoms with Crippen molar-refractivity contribution in [2.75, 3.05) is 13.2 Å². The SMILES string of the molecule is OCCN(Cc1ccccc1)Cc1noc(Cc2ccccc2)n1. The van der Waals surface area contributed by atoms with Gasteiger partial charge in [0.15, 0.2) is 5.82 Å². The molecule has 124 valence electrons. The summed E-state index contributed by atoms with van der Waals surface area (Å²) in [6.45, 7) is 1.96.